The molecule has 6 heteroatoms. The Hall–Kier alpha value is -2.68. The molecule has 1 aromatic carbocycles. The molecule has 0 aliphatic heterocycles. The lowest BCUT2D eigenvalue weighted by molar-refractivity contribution is 0.742. The maximum absolute atomic E-state index is 9.09. The predicted molar refractivity (Wildman–Crippen MR) is 84.9 cm³/mol. The highest BCUT2D eigenvalue weighted by Gasteiger charge is 2.16. The van der Waals surface area contributed by atoms with Crippen molar-refractivity contribution in [1.82, 2.24) is 15.0 Å². The Morgan fingerprint density at radius 3 is 2.41 bits per heavy atom. The smallest absolute Gasteiger partial charge is 0.238 e. The molecule has 0 radical (unpaired) electrons. The lowest BCUT2D eigenvalue weighted by Gasteiger charge is -2.12. The van der Waals surface area contributed by atoms with Crippen LogP contribution in [0, 0.1) is 18.3 Å². The Bertz CT molecular complexity index is 683. The van der Waals surface area contributed by atoms with E-state index in [0.29, 0.717) is 17.9 Å². The van der Waals surface area contributed by atoms with Gasteiger partial charge in [-0.05, 0) is 31.9 Å². The average molecular weight is 294 g/mol. The van der Waals surface area contributed by atoms with Gasteiger partial charge in [0.25, 0.3) is 0 Å². The largest absolute Gasteiger partial charge is 0.351 e. The van der Waals surface area contributed by atoms with Crippen LogP contribution >= 0.6 is 0 Å². The summed E-state index contributed by atoms with van der Waals surface area (Å²) in [5.41, 5.74) is 2.06. The number of anilines is 3. The van der Waals surface area contributed by atoms with E-state index in [2.05, 4.69) is 25.6 Å². The Labute approximate surface area is 129 Å². The molecule has 0 unspecified atom stereocenters. The van der Waals surface area contributed by atoms with E-state index >= 15 is 0 Å². The standard InChI is InChI=1S/C16H18N6/c1-11-6-8-13(9-7-11)19-16-21-14(10-17)20-15(22-16)18-12-4-2-3-5-12/h6-9,12H,2-5H2,1H3,(H2,18,19,20,21,22). The molecule has 1 aromatic heterocycles. The third-order valence-corrected chi connectivity index (χ3v) is 3.73. The molecule has 1 aliphatic rings. The van der Waals surface area contributed by atoms with E-state index in [0.717, 1.165) is 18.5 Å². The second-order valence-electron chi connectivity index (χ2n) is 5.53. The fourth-order valence-electron chi connectivity index (χ4n) is 2.57. The molecular formula is C16H18N6. The summed E-state index contributed by atoms with van der Waals surface area (Å²) in [6.07, 6.45) is 4.69. The maximum Gasteiger partial charge on any atom is 0.238 e. The van der Waals surface area contributed by atoms with Crippen LogP contribution in [0.4, 0.5) is 17.6 Å². The Morgan fingerprint density at radius 1 is 1.05 bits per heavy atom. The number of rotatable bonds is 4. The molecule has 3 rings (SSSR count). The summed E-state index contributed by atoms with van der Waals surface area (Å²) in [5, 5.41) is 15.5. The van der Waals surface area contributed by atoms with E-state index in [4.69, 9.17) is 5.26 Å². The van der Waals surface area contributed by atoms with Gasteiger partial charge in [-0.3, -0.25) is 0 Å². The zero-order chi connectivity index (χ0) is 15.4. The van der Waals surface area contributed by atoms with Crippen LogP contribution in [0.1, 0.15) is 37.1 Å². The van der Waals surface area contributed by atoms with E-state index in [1.54, 1.807) is 0 Å². The van der Waals surface area contributed by atoms with Crippen molar-refractivity contribution >= 4 is 17.6 Å². The zero-order valence-corrected chi connectivity index (χ0v) is 12.5. The highest BCUT2D eigenvalue weighted by molar-refractivity contribution is 5.54. The van der Waals surface area contributed by atoms with Gasteiger partial charge < -0.3 is 10.6 Å². The first-order valence-electron chi connectivity index (χ1n) is 7.49. The number of hydrogen-bond donors (Lipinski definition) is 2. The van der Waals surface area contributed by atoms with Crippen molar-refractivity contribution in [1.29, 1.82) is 5.26 Å². The Kier molecular flexibility index (Phi) is 4.15. The number of aromatic nitrogens is 3. The van der Waals surface area contributed by atoms with E-state index in [1.807, 2.05) is 37.3 Å². The van der Waals surface area contributed by atoms with Crippen molar-refractivity contribution in [2.75, 3.05) is 10.6 Å². The fraction of sp³-hybridized carbons (Fsp3) is 0.375. The van der Waals surface area contributed by atoms with Crippen LogP contribution in [0.5, 0.6) is 0 Å². The van der Waals surface area contributed by atoms with Gasteiger partial charge in [-0.1, -0.05) is 30.5 Å². The maximum atomic E-state index is 9.09. The number of benzene rings is 1. The van der Waals surface area contributed by atoms with E-state index in [-0.39, 0.29) is 5.82 Å². The van der Waals surface area contributed by atoms with Gasteiger partial charge in [0.15, 0.2) is 0 Å². The molecule has 1 aliphatic carbocycles. The first-order chi connectivity index (χ1) is 10.7. The number of hydrogen-bond acceptors (Lipinski definition) is 6. The molecule has 2 aromatic rings. The number of nitriles is 1. The fourth-order valence-corrected chi connectivity index (χ4v) is 2.57. The van der Waals surface area contributed by atoms with Crippen molar-refractivity contribution < 1.29 is 0 Å². The van der Waals surface area contributed by atoms with Crippen LogP contribution in [0.25, 0.3) is 0 Å². The van der Waals surface area contributed by atoms with Crippen molar-refractivity contribution in [3.63, 3.8) is 0 Å². The molecule has 0 amide bonds. The summed E-state index contributed by atoms with van der Waals surface area (Å²) in [6.45, 7) is 2.03. The van der Waals surface area contributed by atoms with Crippen LogP contribution in [-0.4, -0.2) is 21.0 Å². The molecule has 1 saturated carbocycles. The monoisotopic (exact) mass is 294 g/mol. The summed E-state index contributed by atoms with van der Waals surface area (Å²) in [4.78, 5) is 12.6. The molecule has 112 valence electrons. The third-order valence-electron chi connectivity index (χ3n) is 3.73. The lowest BCUT2D eigenvalue weighted by atomic mass is 10.2. The van der Waals surface area contributed by atoms with Gasteiger partial charge in [-0.2, -0.15) is 20.2 Å². The van der Waals surface area contributed by atoms with Crippen molar-refractivity contribution in [3.8, 4) is 6.07 Å². The minimum absolute atomic E-state index is 0.116. The van der Waals surface area contributed by atoms with E-state index in [1.165, 1.54) is 18.4 Å². The topological polar surface area (TPSA) is 86.5 Å². The molecule has 0 spiro atoms. The van der Waals surface area contributed by atoms with Gasteiger partial charge in [0, 0.05) is 11.7 Å². The summed E-state index contributed by atoms with van der Waals surface area (Å²) in [6, 6.07) is 10.3. The molecule has 22 heavy (non-hydrogen) atoms. The van der Waals surface area contributed by atoms with Crippen LogP contribution in [0.15, 0.2) is 24.3 Å². The van der Waals surface area contributed by atoms with E-state index < -0.39 is 0 Å². The van der Waals surface area contributed by atoms with Crippen LogP contribution in [-0.2, 0) is 0 Å². The predicted octanol–water partition coefficient (Wildman–Crippen LogP) is 3.15. The molecule has 6 nitrogen and oxygen atoms in total. The molecule has 1 heterocycles. The highest BCUT2D eigenvalue weighted by Crippen LogP contribution is 2.21. The van der Waals surface area contributed by atoms with Crippen molar-refractivity contribution in [2.45, 2.75) is 38.6 Å². The number of nitrogens with zero attached hydrogens (tertiary/aromatic N) is 4. The first kappa shape index (κ1) is 14.3. The molecule has 0 saturated heterocycles. The Morgan fingerprint density at radius 2 is 1.73 bits per heavy atom. The summed E-state index contributed by atoms with van der Waals surface area (Å²) >= 11 is 0. The van der Waals surface area contributed by atoms with Gasteiger partial charge in [-0.25, -0.2) is 0 Å². The average Bonchev–Trinajstić information content (AvgIpc) is 3.02. The summed E-state index contributed by atoms with van der Waals surface area (Å²) in [7, 11) is 0. The van der Waals surface area contributed by atoms with E-state index in [9.17, 15) is 0 Å². The minimum atomic E-state index is 0.116. The van der Waals surface area contributed by atoms with Gasteiger partial charge in [-0.15, -0.1) is 0 Å². The number of aryl methyl sites for hydroxylation is 1. The second-order valence-corrected chi connectivity index (χ2v) is 5.53. The zero-order valence-electron chi connectivity index (χ0n) is 12.5. The number of nitrogens with one attached hydrogen (secondary N) is 2. The molecule has 0 bridgehead atoms. The summed E-state index contributed by atoms with van der Waals surface area (Å²) < 4.78 is 0. The quantitative estimate of drug-likeness (QED) is 0.900. The molecule has 2 N–H and O–H groups in total. The molecular weight excluding hydrogens is 276 g/mol. The normalized spacial score (nSPS) is 14.5. The first-order valence-corrected chi connectivity index (χ1v) is 7.49. The highest BCUT2D eigenvalue weighted by atomic mass is 15.2. The molecule has 0 atom stereocenters. The van der Waals surface area contributed by atoms with Crippen LogP contribution < -0.4 is 10.6 Å². The minimum Gasteiger partial charge on any atom is -0.351 e. The molecule has 1 fully saturated rings. The lowest BCUT2D eigenvalue weighted by Crippen LogP contribution is -2.18. The SMILES string of the molecule is Cc1ccc(Nc2nc(C#N)nc(NC3CCCC3)n2)cc1. The van der Waals surface area contributed by atoms with Crippen molar-refractivity contribution in [3.05, 3.63) is 35.7 Å². The van der Waals surface area contributed by atoms with Gasteiger partial charge >= 0.3 is 0 Å². The van der Waals surface area contributed by atoms with Crippen LogP contribution in [0.2, 0.25) is 0 Å². The van der Waals surface area contributed by atoms with Gasteiger partial charge in [0.05, 0.1) is 0 Å². The van der Waals surface area contributed by atoms with Crippen molar-refractivity contribution in [2.24, 2.45) is 0 Å². The second kappa shape index (κ2) is 6.39. The van der Waals surface area contributed by atoms with Gasteiger partial charge in [0.1, 0.15) is 6.07 Å². The van der Waals surface area contributed by atoms with Gasteiger partial charge in [0.2, 0.25) is 17.7 Å². The Balaban J connectivity index is 1.80. The summed E-state index contributed by atoms with van der Waals surface area (Å²) in [5.74, 6) is 0.967. The third kappa shape index (κ3) is 3.50. The van der Waals surface area contributed by atoms with Crippen LogP contribution in [0.3, 0.4) is 0 Å².